The van der Waals surface area contributed by atoms with E-state index in [9.17, 15) is 18.0 Å². The van der Waals surface area contributed by atoms with Crippen LogP contribution in [0.2, 0.25) is 0 Å². The quantitative estimate of drug-likeness (QED) is 0.589. The molecule has 3 heterocycles. The van der Waals surface area contributed by atoms with Gasteiger partial charge < -0.3 is 15.0 Å². The normalized spacial score (nSPS) is 17.6. The third-order valence-corrected chi connectivity index (χ3v) is 6.34. The summed E-state index contributed by atoms with van der Waals surface area (Å²) in [4.78, 5) is 31.0. The monoisotopic (exact) mass is 478 g/mol. The number of nitrogens with zero attached hydrogens (tertiary/aromatic N) is 5. The number of carbonyl (C=O) groups is 2. The molecule has 1 saturated heterocycles. The number of fused-ring (bicyclic) bond motifs is 1. The fourth-order valence-electron chi connectivity index (χ4n) is 4.46. The van der Waals surface area contributed by atoms with E-state index in [0.717, 1.165) is 48.2 Å². The van der Waals surface area contributed by atoms with Gasteiger partial charge in [0.25, 0.3) is 5.91 Å². The summed E-state index contributed by atoms with van der Waals surface area (Å²) < 4.78 is 33.8. The molecule has 0 bridgehead atoms. The van der Waals surface area contributed by atoms with Crippen molar-refractivity contribution in [1.29, 1.82) is 0 Å². The van der Waals surface area contributed by atoms with E-state index >= 15 is 0 Å². The minimum atomic E-state index is -5.08. The van der Waals surface area contributed by atoms with Crippen LogP contribution in [0.4, 0.5) is 13.2 Å². The number of rotatable bonds is 3. The molecule has 1 aromatic carbocycles. The van der Waals surface area contributed by atoms with E-state index < -0.39 is 12.1 Å². The van der Waals surface area contributed by atoms with Gasteiger partial charge in [-0.25, -0.2) is 14.5 Å². The van der Waals surface area contributed by atoms with Crippen LogP contribution in [0.1, 0.15) is 66.5 Å². The number of amides is 1. The lowest BCUT2D eigenvalue weighted by Crippen LogP contribution is -2.39. The second kappa shape index (κ2) is 9.82. The van der Waals surface area contributed by atoms with E-state index in [4.69, 9.17) is 9.90 Å². The number of carboxylic acids is 1. The fraction of sp³-hybridized carbons (Fsp3) is 0.500. The van der Waals surface area contributed by atoms with E-state index in [0.29, 0.717) is 12.0 Å². The second-order valence-corrected chi connectivity index (χ2v) is 8.57. The summed E-state index contributed by atoms with van der Waals surface area (Å²) in [6.07, 6.45) is 5.66. The molecule has 1 amide bonds. The number of piperidine rings is 1. The number of alkyl halides is 3. The first-order chi connectivity index (χ1) is 16.2. The van der Waals surface area contributed by atoms with Gasteiger partial charge in [-0.15, -0.1) is 5.10 Å². The average molecular weight is 478 g/mol. The first-order valence-corrected chi connectivity index (χ1v) is 11.2. The van der Waals surface area contributed by atoms with Crippen LogP contribution in [0.5, 0.6) is 0 Å². The molecule has 5 rings (SSSR count). The number of likely N-dealkylation sites (tertiary alicyclic amines) is 1. The van der Waals surface area contributed by atoms with Crippen LogP contribution in [0.25, 0.3) is 11.0 Å². The van der Waals surface area contributed by atoms with Crippen LogP contribution < -0.4 is 0 Å². The molecule has 0 atom stereocenters. The summed E-state index contributed by atoms with van der Waals surface area (Å²) in [5, 5.41) is 15.9. The molecule has 1 saturated carbocycles. The average Bonchev–Trinajstić information content (AvgIpc) is 3.59. The predicted molar refractivity (Wildman–Crippen MR) is 115 cm³/mol. The second-order valence-electron chi connectivity index (χ2n) is 8.57. The Bertz CT molecular complexity index is 1140. The van der Waals surface area contributed by atoms with Gasteiger partial charge in [-0.3, -0.25) is 4.79 Å². The molecule has 34 heavy (non-hydrogen) atoms. The van der Waals surface area contributed by atoms with Crippen molar-refractivity contribution in [2.24, 2.45) is 0 Å². The van der Waals surface area contributed by atoms with Gasteiger partial charge in [0, 0.05) is 30.8 Å². The van der Waals surface area contributed by atoms with Crippen molar-refractivity contribution >= 4 is 22.9 Å². The first kappa shape index (κ1) is 23.7. The summed E-state index contributed by atoms with van der Waals surface area (Å²) in [6, 6.07) is 5.99. The summed E-state index contributed by atoms with van der Waals surface area (Å²) in [7, 11) is 0. The molecule has 2 aliphatic rings. The number of benzene rings is 1. The highest BCUT2D eigenvalue weighted by Gasteiger charge is 2.38. The highest BCUT2D eigenvalue weighted by Crippen LogP contribution is 2.33. The molecule has 12 heteroatoms. The van der Waals surface area contributed by atoms with Crippen molar-refractivity contribution in [3.8, 4) is 0 Å². The van der Waals surface area contributed by atoms with Crippen molar-refractivity contribution in [2.75, 3.05) is 13.1 Å². The van der Waals surface area contributed by atoms with Gasteiger partial charge in [0.2, 0.25) is 0 Å². The van der Waals surface area contributed by atoms with Crippen LogP contribution in [0.15, 0.2) is 30.7 Å². The van der Waals surface area contributed by atoms with Gasteiger partial charge in [0.1, 0.15) is 0 Å². The number of hydrogen-bond acceptors (Lipinski definition) is 5. The van der Waals surface area contributed by atoms with E-state index in [1.165, 1.54) is 25.7 Å². The first-order valence-electron chi connectivity index (χ1n) is 11.2. The zero-order valence-electron chi connectivity index (χ0n) is 18.3. The van der Waals surface area contributed by atoms with Crippen LogP contribution in [-0.2, 0) is 4.79 Å². The number of carboxylic acid groups (broad SMARTS) is 1. The molecule has 0 radical (unpaired) electrons. The number of aliphatic carboxylic acids is 1. The lowest BCUT2D eigenvalue weighted by atomic mass is 10.0. The van der Waals surface area contributed by atoms with Crippen molar-refractivity contribution in [3.63, 3.8) is 0 Å². The topological polar surface area (TPSA) is 117 Å². The fourth-order valence-corrected chi connectivity index (χ4v) is 4.46. The van der Waals surface area contributed by atoms with Gasteiger partial charge in [0.15, 0.2) is 0 Å². The molecule has 3 aromatic rings. The highest BCUT2D eigenvalue weighted by molar-refractivity contribution is 5.97. The standard InChI is InChI=1S/C20H24N6O.C2HF3O2/c27-20(15-5-6-17-18(11-15)22-13-21-17)25-9-7-16(8-10-25)26-12-19(23-24-26)14-3-1-2-4-14;3-2(4,5)1(6)7/h5-6,11-14,16H,1-4,7-10H2,(H,21,22);(H,6,7). The van der Waals surface area contributed by atoms with Crippen LogP contribution in [-0.4, -0.2) is 66.1 Å². The third-order valence-electron chi connectivity index (χ3n) is 6.34. The maximum Gasteiger partial charge on any atom is 0.490 e. The van der Waals surface area contributed by atoms with Crippen molar-refractivity contribution in [3.05, 3.63) is 42.0 Å². The summed E-state index contributed by atoms with van der Waals surface area (Å²) in [6.45, 7) is 1.51. The smallest absolute Gasteiger partial charge is 0.475 e. The molecule has 2 N–H and O–H groups in total. The Kier molecular flexibility index (Phi) is 6.85. The maximum absolute atomic E-state index is 12.8. The molecule has 2 fully saturated rings. The number of hydrogen-bond donors (Lipinski definition) is 2. The van der Waals surface area contributed by atoms with Gasteiger partial charge in [-0.2, -0.15) is 13.2 Å². The Hall–Kier alpha value is -3.44. The van der Waals surface area contributed by atoms with Crippen LogP contribution in [0.3, 0.4) is 0 Å². The van der Waals surface area contributed by atoms with E-state index in [-0.39, 0.29) is 5.91 Å². The Morgan fingerprint density at radius 1 is 1.09 bits per heavy atom. The van der Waals surface area contributed by atoms with Crippen molar-refractivity contribution in [1.82, 2.24) is 29.9 Å². The Morgan fingerprint density at radius 3 is 2.41 bits per heavy atom. The highest BCUT2D eigenvalue weighted by atomic mass is 19.4. The Morgan fingerprint density at radius 2 is 1.76 bits per heavy atom. The van der Waals surface area contributed by atoms with Crippen LogP contribution >= 0.6 is 0 Å². The van der Waals surface area contributed by atoms with E-state index in [1.54, 1.807) is 6.33 Å². The molecular weight excluding hydrogens is 453 g/mol. The van der Waals surface area contributed by atoms with Gasteiger partial charge >= 0.3 is 12.1 Å². The zero-order chi connectivity index (χ0) is 24.3. The number of imidazole rings is 1. The molecule has 1 aliphatic heterocycles. The Balaban J connectivity index is 0.000000344. The van der Waals surface area contributed by atoms with Gasteiger partial charge in [-0.05, 0) is 43.9 Å². The molecule has 9 nitrogen and oxygen atoms in total. The number of aromatic nitrogens is 5. The number of carbonyl (C=O) groups excluding carboxylic acids is 1. The van der Waals surface area contributed by atoms with Crippen molar-refractivity contribution in [2.45, 2.75) is 56.7 Å². The Labute approximate surface area is 193 Å². The molecule has 2 aromatic heterocycles. The number of H-pyrrole nitrogens is 1. The number of aromatic amines is 1. The van der Waals surface area contributed by atoms with Gasteiger partial charge in [-0.1, -0.05) is 18.1 Å². The van der Waals surface area contributed by atoms with E-state index in [2.05, 4.69) is 26.5 Å². The predicted octanol–water partition coefficient (Wildman–Crippen LogP) is 3.92. The van der Waals surface area contributed by atoms with E-state index in [1.807, 2.05) is 27.8 Å². The lowest BCUT2D eigenvalue weighted by Gasteiger charge is -2.32. The van der Waals surface area contributed by atoms with Crippen LogP contribution in [0, 0.1) is 0 Å². The largest absolute Gasteiger partial charge is 0.490 e. The van der Waals surface area contributed by atoms with Gasteiger partial charge in [0.05, 0.1) is 29.1 Å². The number of nitrogens with one attached hydrogen (secondary N) is 1. The third kappa shape index (κ3) is 5.37. The zero-order valence-corrected chi connectivity index (χ0v) is 18.3. The molecule has 182 valence electrons. The maximum atomic E-state index is 12.8. The summed E-state index contributed by atoms with van der Waals surface area (Å²) in [5.41, 5.74) is 3.65. The minimum absolute atomic E-state index is 0.0928. The SMILES string of the molecule is O=C(O)C(F)(F)F.O=C(c1ccc2nc[nH]c2c1)N1CCC(n2cc(C3CCCC3)nn2)CC1. The molecule has 1 aliphatic carbocycles. The summed E-state index contributed by atoms with van der Waals surface area (Å²) >= 11 is 0. The lowest BCUT2D eigenvalue weighted by molar-refractivity contribution is -0.192. The summed E-state index contributed by atoms with van der Waals surface area (Å²) in [5.74, 6) is -2.07. The minimum Gasteiger partial charge on any atom is -0.475 e. The molecular formula is C22H25F3N6O3. The molecule has 0 spiro atoms. The van der Waals surface area contributed by atoms with Crippen molar-refractivity contribution < 1.29 is 27.9 Å². The molecule has 0 unspecified atom stereocenters. The number of halogens is 3.